The number of primary amides is 1. The van der Waals surface area contributed by atoms with Crippen molar-refractivity contribution < 1.29 is 23.1 Å². The number of hydrogen-bond donors (Lipinski definition) is 4. The number of aromatic nitrogens is 2. The maximum absolute atomic E-state index is 11.7. The highest BCUT2D eigenvalue weighted by Crippen LogP contribution is 2.06. The second kappa shape index (κ2) is 5.60. The molecule has 1 amide bonds. The minimum Gasteiger partial charge on any atom is -0.480 e. The average Bonchev–Trinajstić information content (AvgIpc) is 2.77. The fraction of sp³-hybridized carbons (Fsp3) is 0.375. The van der Waals surface area contributed by atoms with Crippen LogP contribution in [0.1, 0.15) is 12.8 Å². The number of nitrogens with one attached hydrogen (secondary N) is 2. The van der Waals surface area contributed by atoms with Gasteiger partial charge in [-0.3, -0.25) is 14.7 Å². The van der Waals surface area contributed by atoms with E-state index in [9.17, 15) is 18.0 Å². The fourth-order valence-corrected chi connectivity index (χ4v) is 2.30. The van der Waals surface area contributed by atoms with Crippen molar-refractivity contribution in [1.82, 2.24) is 14.9 Å². The zero-order valence-electron chi connectivity index (χ0n) is 9.16. The lowest BCUT2D eigenvalue weighted by atomic mass is 10.2. The third-order valence-electron chi connectivity index (χ3n) is 2.04. The molecule has 10 heteroatoms. The van der Waals surface area contributed by atoms with E-state index >= 15 is 0 Å². The number of amides is 1. The van der Waals surface area contributed by atoms with Crippen molar-refractivity contribution >= 4 is 21.9 Å². The molecule has 0 spiro atoms. The minimum atomic E-state index is -4.01. The predicted molar refractivity (Wildman–Crippen MR) is 58.8 cm³/mol. The molecule has 0 radical (unpaired) electrons. The summed E-state index contributed by atoms with van der Waals surface area (Å²) in [5.41, 5.74) is 4.87. The molecule has 0 aliphatic heterocycles. The number of carbonyl (C=O) groups excluding carboxylic acids is 1. The molecule has 100 valence electrons. The van der Waals surface area contributed by atoms with E-state index in [-0.39, 0.29) is 17.9 Å². The van der Waals surface area contributed by atoms with E-state index in [1.165, 1.54) is 12.3 Å². The number of carbonyl (C=O) groups is 2. The summed E-state index contributed by atoms with van der Waals surface area (Å²) < 4.78 is 25.3. The Bertz CT molecular complexity index is 524. The minimum absolute atomic E-state index is 0.224. The molecular weight excluding hydrogens is 264 g/mol. The molecule has 1 rings (SSSR count). The molecule has 18 heavy (non-hydrogen) atoms. The maximum atomic E-state index is 11.7. The van der Waals surface area contributed by atoms with Gasteiger partial charge in [-0.2, -0.15) is 9.82 Å². The van der Waals surface area contributed by atoms with Crippen LogP contribution in [0.15, 0.2) is 17.3 Å². The third-order valence-corrected chi connectivity index (χ3v) is 3.44. The van der Waals surface area contributed by atoms with E-state index in [2.05, 4.69) is 10.2 Å². The molecule has 0 bridgehead atoms. The number of aliphatic carboxylic acids is 1. The van der Waals surface area contributed by atoms with Gasteiger partial charge in [-0.1, -0.05) is 0 Å². The Kier molecular flexibility index (Phi) is 4.39. The van der Waals surface area contributed by atoms with Crippen LogP contribution in [0.4, 0.5) is 0 Å². The van der Waals surface area contributed by atoms with Crippen LogP contribution in [0.2, 0.25) is 0 Å². The van der Waals surface area contributed by atoms with Crippen LogP contribution in [0.3, 0.4) is 0 Å². The van der Waals surface area contributed by atoms with Gasteiger partial charge in [0.15, 0.2) is 5.03 Å². The quantitative estimate of drug-likeness (QED) is 0.470. The van der Waals surface area contributed by atoms with Crippen LogP contribution in [0.5, 0.6) is 0 Å². The van der Waals surface area contributed by atoms with Gasteiger partial charge in [0.25, 0.3) is 10.0 Å². The first kappa shape index (κ1) is 14.1. The number of carboxylic acid groups (broad SMARTS) is 1. The topological polar surface area (TPSA) is 155 Å². The van der Waals surface area contributed by atoms with Gasteiger partial charge in [-0.25, -0.2) is 8.42 Å². The summed E-state index contributed by atoms with van der Waals surface area (Å²) in [5.74, 6) is -2.10. The van der Waals surface area contributed by atoms with Crippen molar-refractivity contribution in [3.8, 4) is 0 Å². The number of H-pyrrole nitrogens is 1. The number of carboxylic acids is 1. The zero-order valence-corrected chi connectivity index (χ0v) is 9.98. The Morgan fingerprint density at radius 1 is 1.56 bits per heavy atom. The van der Waals surface area contributed by atoms with Gasteiger partial charge >= 0.3 is 5.97 Å². The van der Waals surface area contributed by atoms with E-state index in [4.69, 9.17) is 10.8 Å². The molecule has 1 aromatic rings. The molecule has 0 saturated carbocycles. The molecule has 0 aromatic carbocycles. The van der Waals surface area contributed by atoms with Crippen molar-refractivity contribution in [2.45, 2.75) is 23.9 Å². The van der Waals surface area contributed by atoms with Crippen molar-refractivity contribution in [3.63, 3.8) is 0 Å². The summed E-state index contributed by atoms with van der Waals surface area (Å²) in [4.78, 5) is 21.4. The Morgan fingerprint density at radius 3 is 2.67 bits per heavy atom. The lowest BCUT2D eigenvalue weighted by molar-refractivity contribution is -0.139. The van der Waals surface area contributed by atoms with Gasteiger partial charge in [0.05, 0.1) is 6.20 Å². The number of rotatable bonds is 7. The molecule has 1 heterocycles. The molecular formula is C8H12N4O5S. The lowest BCUT2D eigenvalue weighted by Crippen LogP contribution is -2.41. The smallest absolute Gasteiger partial charge is 0.321 e. The number of hydrogen-bond acceptors (Lipinski definition) is 5. The van der Waals surface area contributed by atoms with Crippen molar-refractivity contribution in [1.29, 1.82) is 0 Å². The molecule has 0 aliphatic rings. The normalized spacial score (nSPS) is 13.1. The van der Waals surface area contributed by atoms with Gasteiger partial charge in [0.2, 0.25) is 5.91 Å². The summed E-state index contributed by atoms with van der Waals surface area (Å²) in [5, 5.41) is 14.2. The Balaban J connectivity index is 2.78. The van der Waals surface area contributed by atoms with E-state index in [0.717, 1.165) is 0 Å². The van der Waals surface area contributed by atoms with Gasteiger partial charge < -0.3 is 10.8 Å². The molecule has 0 saturated heterocycles. The van der Waals surface area contributed by atoms with Crippen molar-refractivity contribution in [3.05, 3.63) is 12.3 Å². The Morgan fingerprint density at radius 2 is 2.22 bits per heavy atom. The van der Waals surface area contributed by atoms with E-state index < -0.39 is 27.9 Å². The van der Waals surface area contributed by atoms with Crippen LogP contribution >= 0.6 is 0 Å². The number of nitrogens with two attached hydrogens (primary N) is 1. The second-order valence-corrected chi connectivity index (χ2v) is 5.12. The van der Waals surface area contributed by atoms with Crippen LogP contribution in [-0.2, 0) is 19.6 Å². The monoisotopic (exact) mass is 276 g/mol. The van der Waals surface area contributed by atoms with E-state index in [1.807, 2.05) is 4.72 Å². The standard InChI is InChI=1S/C8H12N4O5S/c9-6(13)2-1-5(8(14)15)12-18(16,17)7-3-4-10-11-7/h3-5,12H,1-2H2,(H2,9,13)(H,10,11)(H,14,15). The molecule has 0 aliphatic carbocycles. The largest absolute Gasteiger partial charge is 0.480 e. The first-order valence-electron chi connectivity index (χ1n) is 4.86. The molecule has 5 N–H and O–H groups in total. The molecule has 1 aromatic heterocycles. The number of sulfonamides is 1. The average molecular weight is 276 g/mol. The van der Waals surface area contributed by atoms with Gasteiger partial charge in [-0.05, 0) is 12.5 Å². The zero-order chi connectivity index (χ0) is 13.8. The summed E-state index contributed by atoms with van der Waals surface area (Å²) in [6.07, 6.45) is 0.758. The van der Waals surface area contributed by atoms with Crippen LogP contribution in [0.25, 0.3) is 0 Å². The molecule has 0 fully saturated rings. The molecule has 1 atom stereocenters. The third kappa shape index (κ3) is 3.82. The van der Waals surface area contributed by atoms with Crippen LogP contribution in [0, 0.1) is 0 Å². The van der Waals surface area contributed by atoms with Crippen LogP contribution in [-0.4, -0.2) is 41.6 Å². The lowest BCUT2D eigenvalue weighted by Gasteiger charge is -2.12. The van der Waals surface area contributed by atoms with Crippen LogP contribution < -0.4 is 10.5 Å². The summed E-state index contributed by atoms with van der Waals surface area (Å²) in [7, 11) is -4.01. The highest BCUT2D eigenvalue weighted by molar-refractivity contribution is 7.89. The summed E-state index contributed by atoms with van der Waals surface area (Å²) in [6.45, 7) is 0. The molecule has 1 unspecified atom stereocenters. The Labute approximate surface area is 102 Å². The van der Waals surface area contributed by atoms with E-state index in [0.29, 0.717) is 0 Å². The number of nitrogens with zero attached hydrogens (tertiary/aromatic N) is 1. The maximum Gasteiger partial charge on any atom is 0.321 e. The first-order chi connectivity index (χ1) is 8.33. The predicted octanol–water partition coefficient (Wildman–Crippen LogP) is -1.59. The first-order valence-corrected chi connectivity index (χ1v) is 6.34. The fourth-order valence-electron chi connectivity index (χ4n) is 1.16. The van der Waals surface area contributed by atoms with Crippen molar-refractivity contribution in [2.24, 2.45) is 5.73 Å². The summed E-state index contributed by atoms with van der Waals surface area (Å²) >= 11 is 0. The Hall–Kier alpha value is -1.94. The van der Waals surface area contributed by atoms with Gasteiger partial charge in [0, 0.05) is 6.42 Å². The second-order valence-electron chi connectivity index (χ2n) is 3.44. The van der Waals surface area contributed by atoms with Gasteiger partial charge in [0.1, 0.15) is 6.04 Å². The summed E-state index contributed by atoms with van der Waals surface area (Å²) in [6, 6.07) is -0.249. The number of aromatic amines is 1. The highest BCUT2D eigenvalue weighted by Gasteiger charge is 2.26. The van der Waals surface area contributed by atoms with Gasteiger partial charge in [-0.15, -0.1) is 0 Å². The highest BCUT2D eigenvalue weighted by atomic mass is 32.2. The van der Waals surface area contributed by atoms with E-state index in [1.54, 1.807) is 0 Å². The SMILES string of the molecule is NC(=O)CCC(NS(=O)(=O)c1ccn[nH]1)C(=O)O. The molecule has 9 nitrogen and oxygen atoms in total. The van der Waals surface area contributed by atoms with Crippen molar-refractivity contribution in [2.75, 3.05) is 0 Å².